The predicted octanol–water partition coefficient (Wildman–Crippen LogP) is 1.99. The van der Waals surface area contributed by atoms with Gasteiger partial charge in [-0.05, 0) is 59.8 Å². The quantitative estimate of drug-likeness (QED) is 0.445. The fraction of sp³-hybridized carbons (Fsp3) is 0.150. The molecule has 3 rings (SSSR count). The van der Waals surface area contributed by atoms with Crippen LogP contribution in [0.1, 0.15) is 5.56 Å². The lowest BCUT2D eigenvalue weighted by molar-refractivity contribution is -0.127. The predicted molar refractivity (Wildman–Crippen MR) is 116 cm³/mol. The number of amides is 3. The minimum Gasteiger partial charge on any atom is -0.497 e. The van der Waals surface area contributed by atoms with E-state index in [4.69, 9.17) is 19.4 Å². The van der Waals surface area contributed by atoms with Gasteiger partial charge in [-0.2, -0.15) is 8.42 Å². The molecule has 0 saturated carbocycles. The van der Waals surface area contributed by atoms with Gasteiger partial charge in [-0.1, -0.05) is 6.07 Å². The number of nitrogens with zero attached hydrogens (tertiary/aromatic N) is 1. The number of thioether (sulfide) groups is 1. The molecule has 0 aromatic heterocycles. The van der Waals surface area contributed by atoms with Crippen molar-refractivity contribution in [3.63, 3.8) is 0 Å². The third kappa shape index (κ3) is 5.03. The highest BCUT2D eigenvalue weighted by atomic mass is 32.2. The molecule has 3 amide bonds. The lowest BCUT2D eigenvalue weighted by Crippen LogP contribution is -2.36. The Morgan fingerprint density at radius 2 is 1.75 bits per heavy atom. The van der Waals surface area contributed by atoms with E-state index in [0.29, 0.717) is 23.1 Å². The number of benzene rings is 2. The summed E-state index contributed by atoms with van der Waals surface area (Å²) in [4.78, 5) is 36.1. The molecule has 1 aliphatic rings. The van der Waals surface area contributed by atoms with E-state index in [9.17, 15) is 22.8 Å². The van der Waals surface area contributed by atoms with Crippen molar-refractivity contribution in [2.75, 3.05) is 20.8 Å². The molecule has 168 valence electrons. The number of ether oxygens (including phenoxy) is 2. The SMILES string of the molecule is COc1ccc(S(=O)(=O)Oc2ccc(/C=C3\SC(=O)N(CC(N)=O)C3=O)cc2OC)cc1. The summed E-state index contributed by atoms with van der Waals surface area (Å²) in [6.45, 7) is -0.513. The highest BCUT2D eigenvalue weighted by Gasteiger charge is 2.35. The highest BCUT2D eigenvalue weighted by Crippen LogP contribution is 2.35. The van der Waals surface area contributed by atoms with Gasteiger partial charge in [-0.15, -0.1) is 0 Å². The van der Waals surface area contributed by atoms with Gasteiger partial charge < -0.3 is 19.4 Å². The second kappa shape index (κ2) is 9.32. The van der Waals surface area contributed by atoms with Crippen molar-refractivity contribution in [1.29, 1.82) is 0 Å². The minimum absolute atomic E-state index is 0.0673. The van der Waals surface area contributed by atoms with E-state index in [2.05, 4.69) is 0 Å². The average molecular weight is 479 g/mol. The molecule has 10 nitrogen and oxygen atoms in total. The van der Waals surface area contributed by atoms with Crippen LogP contribution in [0, 0.1) is 0 Å². The van der Waals surface area contributed by atoms with Crippen LogP contribution >= 0.6 is 11.8 Å². The number of methoxy groups -OCH3 is 2. The molecule has 0 spiro atoms. The zero-order valence-corrected chi connectivity index (χ0v) is 18.6. The number of hydrogen-bond donors (Lipinski definition) is 1. The van der Waals surface area contributed by atoms with Crippen molar-refractivity contribution in [2.24, 2.45) is 5.73 Å². The van der Waals surface area contributed by atoms with E-state index in [1.807, 2.05) is 0 Å². The molecule has 1 fully saturated rings. The molecule has 2 aromatic rings. The Labute approximate surface area is 188 Å². The van der Waals surface area contributed by atoms with Crippen LogP contribution in [0.15, 0.2) is 52.3 Å². The Morgan fingerprint density at radius 3 is 2.34 bits per heavy atom. The fourth-order valence-electron chi connectivity index (χ4n) is 2.70. The molecule has 0 aliphatic carbocycles. The smallest absolute Gasteiger partial charge is 0.339 e. The van der Waals surface area contributed by atoms with E-state index >= 15 is 0 Å². The van der Waals surface area contributed by atoms with Gasteiger partial charge in [0, 0.05) is 0 Å². The summed E-state index contributed by atoms with van der Waals surface area (Å²) in [7, 11) is -1.36. The number of primary amides is 1. The lowest BCUT2D eigenvalue weighted by atomic mass is 10.2. The van der Waals surface area contributed by atoms with Crippen LogP contribution in [0.3, 0.4) is 0 Å². The van der Waals surface area contributed by atoms with E-state index < -0.39 is 33.7 Å². The number of imide groups is 1. The molecule has 0 radical (unpaired) electrons. The number of rotatable bonds is 8. The third-order valence-corrected chi connectivity index (χ3v) is 6.38. The molecule has 32 heavy (non-hydrogen) atoms. The maximum Gasteiger partial charge on any atom is 0.339 e. The zero-order chi connectivity index (χ0) is 23.5. The van der Waals surface area contributed by atoms with Crippen LogP contribution < -0.4 is 19.4 Å². The molecule has 0 unspecified atom stereocenters. The fourth-order valence-corrected chi connectivity index (χ4v) is 4.47. The zero-order valence-electron chi connectivity index (χ0n) is 16.9. The molecule has 1 heterocycles. The normalized spacial score (nSPS) is 15.2. The Kier molecular flexibility index (Phi) is 6.75. The summed E-state index contributed by atoms with van der Waals surface area (Å²) in [5.74, 6) is -0.949. The van der Waals surface area contributed by atoms with Crippen LogP contribution in [0.5, 0.6) is 17.2 Å². The maximum absolute atomic E-state index is 12.6. The highest BCUT2D eigenvalue weighted by molar-refractivity contribution is 8.18. The molecule has 12 heteroatoms. The van der Waals surface area contributed by atoms with E-state index in [1.165, 1.54) is 62.8 Å². The lowest BCUT2D eigenvalue weighted by Gasteiger charge is -2.12. The van der Waals surface area contributed by atoms with Gasteiger partial charge in [-0.3, -0.25) is 19.3 Å². The first-order valence-corrected chi connectivity index (χ1v) is 11.2. The van der Waals surface area contributed by atoms with Crippen LogP contribution in [-0.4, -0.2) is 51.1 Å². The number of nitrogens with two attached hydrogens (primary N) is 1. The molecular weight excluding hydrogens is 460 g/mol. The molecule has 1 saturated heterocycles. The maximum atomic E-state index is 12.6. The Bertz CT molecular complexity index is 1210. The molecule has 0 atom stereocenters. The summed E-state index contributed by atoms with van der Waals surface area (Å²) in [6, 6.07) is 9.96. The summed E-state index contributed by atoms with van der Waals surface area (Å²) >= 11 is 0.659. The summed E-state index contributed by atoms with van der Waals surface area (Å²) in [6.07, 6.45) is 1.41. The molecule has 0 bridgehead atoms. The second-order valence-electron chi connectivity index (χ2n) is 6.36. The first-order valence-electron chi connectivity index (χ1n) is 8.95. The Morgan fingerprint density at radius 1 is 1.06 bits per heavy atom. The number of carbonyl (C=O) groups is 3. The summed E-state index contributed by atoms with van der Waals surface area (Å²) in [5.41, 5.74) is 5.50. The second-order valence-corrected chi connectivity index (χ2v) is 8.90. The van der Waals surface area contributed by atoms with Crippen molar-refractivity contribution in [1.82, 2.24) is 4.90 Å². The van der Waals surface area contributed by atoms with E-state index in [0.717, 1.165) is 4.90 Å². The molecule has 1 aliphatic heterocycles. The molecule has 2 aromatic carbocycles. The van der Waals surface area contributed by atoms with Crippen LogP contribution in [0.4, 0.5) is 4.79 Å². The minimum atomic E-state index is -4.15. The molecular formula is C20H18N2O8S2. The average Bonchev–Trinajstić information content (AvgIpc) is 3.01. The van der Waals surface area contributed by atoms with E-state index in [-0.39, 0.29) is 21.3 Å². The standard InChI is InChI=1S/C20H18N2O8S2/c1-28-13-4-6-14(7-5-13)32(26,27)30-15-8-3-12(9-16(15)29-2)10-17-19(24)22(11-18(21)23)20(25)31-17/h3-10H,11H2,1-2H3,(H2,21,23)/b17-10-. The van der Waals surface area contributed by atoms with Gasteiger partial charge in [0.05, 0.1) is 19.1 Å². The van der Waals surface area contributed by atoms with Gasteiger partial charge in [0.15, 0.2) is 11.5 Å². The first kappa shape index (κ1) is 23.2. The van der Waals surface area contributed by atoms with Gasteiger partial charge in [0.1, 0.15) is 17.2 Å². The van der Waals surface area contributed by atoms with Crippen molar-refractivity contribution in [3.05, 3.63) is 52.9 Å². The van der Waals surface area contributed by atoms with Gasteiger partial charge in [0.25, 0.3) is 11.1 Å². The topological polar surface area (TPSA) is 142 Å². The summed E-state index contributed by atoms with van der Waals surface area (Å²) < 4.78 is 40.6. The molecule has 2 N–H and O–H groups in total. The largest absolute Gasteiger partial charge is 0.497 e. The first-order chi connectivity index (χ1) is 15.1. The van der Waals surface area contributed by atoms with Crippen molar-refractivity contribution < 1.29 is 36.5 Å². The van der Waals surface area contributed by atoms with Crippen molar-refractivity contribution >= 4 is 45.0 Å². The van der Waals surface area contributed by atoms with Crippen LogP contribution in [0.25, 0.3) is 6.08 Å². The van der Waals surface area contributed by atoms with Gasteiger partial charge in [-0.25, -0.2) is 0 Å². The monoisotopic (exact) mass is 478 g/mol. The summed E-state index contributed by atoms with van der Waals surface area (Å²) in [5, 5.41) is -0.613. The third-order valence-electron chi connectivity index (χ3n) is 4.22. The van der Waals surface area contributed by atoms with Gasteiger partial charge in [0.2, 0.25) is 5.91 Å². The van der Waals surface area contributed by atoms with Crippen molar-refractivity contribution in [2.45, 2.75) is 4.90 Å². The Balaban J connectivity index is 1.85. The van der Waals surface area contributed by atoms with Gasteiger partial charge >= 0.3 is 10.1 Å². The Hall–Kier alpha value is -3.51. The van der Waals surface area contributed by atoms with Crippen LogP contribution in [0.2, 0.25) is 0 Å². The number of carbonyl (C=O) groups excluding carboxylic acids is 3. The number of hydrogen-bond acceptors (Lipinski definition) is 9. The van der Waals surface area contributed by atoms with Crippen LogP contribution in [-0.2, 0) is 19.7 Å². The van der Waals surface area contributed by atoms with Crippen molar-refractivity contribution in [3.8, 4) is 17.2 Å². The van der Waals surface area contributed by atoms with E-state index in [1.54, 1.807) is 0 Å².